The van der Waals surface area contributed by atoms with E-state index < -0.39 is 5.60 Å². The Balaban J connectivity index is 1.54. The van der Waals surface area contributed by atoms with Gasteiger partial charge in [-0.2, -0.15) is 0 Å². The summed E-state index contributed by atoms with van der Waals surface area (Å²) in [5, 5.41) is 10.9. The van der Waals surface area contributed by atoms with Crippen molar-refractivity contribution >= 4 is 0 Å². The molecule has 1 aromatic heterocycles. The van der Waals surface area contributed by atoms with Gasteiger partial charge in [0, 0.05) is 38.8 Å². The van der Waals surface area contributed by atoms with E-state index in [4.69, 9.17) is 0 Å². The number of hydrogen-bond acceptors (Lipinski definition) is 3. The summed E-state index contributed by atoms with van der Waals surface area (Å²) in [6, 6.07) is 10.3. The maximum absolute atomic E-state index is 10.9. The highest BCUT2D eigenvalue weighted by molar-refractivity contribution is 5.17. The molecule has 0 saturated carbocycles. The summed E-state index contributed by atoms with van der Waals surface area (Å²) >= 11 is 0. The fourth-order valence-corrected chi connectivity index (χ4v) is 3.55. The molecule has 0 spiro atoms. The molecule has 0 radical (unpaired) electrons. The van der Waals surface area contributed by atoms with Crippen LogP contribution >= 0.6 is 0 Å². The van der Waals surface area contributed by atoms with Gasteiger partial charge in [-0.25, -0.2) is 4.98 Å². The first-order valence-corrected chi connectivity index (χ1v) is 9.02. The number of imidazole rings is 1. The molecule has 4 heteroatoms. The van der Waals surface area contributed by atoms with Crippen LogP contribution in [0.2, 0.25) is 0 Å². The van der Waals surface area contributed by atoms with E-state index in [0.717, 1.165) is 45.4 Å². The largest absolute Gasteiger partial charge is 0.389 e. The van der Waals surface area contributed by atoms with Gasteiger partial charge in [0.1, 0.15) is 0 Å². The molecule has 1 N–H and O–H groups in total. The molecule has 0 bridgehead atoms. The summed E-state index contributed by atoms with van der Waals surface area (Å²) in [6.45, 7) is 8.28. The normalized spacial score (nSPS) is 18.2. The topological polar surface area (TPSA) is 41.3 Å². The van der Waals surface area contributed by atoms with Crippen LogP contribution < -0.4 is 0 Å². The molecule has 2 aromatic rings. The van der Waals surface area contributed by atoms with Crippen LogP contribution in [0, 0.1) is 5.92 Å². The van der Waals surface area contributed by atoms with Crippen molar-refractivity contribution in [2.75, 3.05) is 13.1 Å². The molecule has 130 valence electrons. The summed E-state index contributed by atoms with van der Waals surface area (Å²) in [4.78, 5) is 6.75. The van der Waals surface area contributed by atoms with E-state index in [1.807, 2.05) is 30.7 Å². The van der Waals surface area contributed by atoms with Crippen LogP contribution in [0.3, 0.4) is 0 Å². The molecule has 2 heterocycles. The van der Waals surface area contributed by atoms with Gasteiger partial charge >= 0.3 is 0 Å². The Bertz CT molecular complexity index is 627. The van der Waals surface area contributed by atoms with Gasteiger partial charge in [-0.15, -0.1) is 0 Å². The van der Waals surface area contributed by atoms with Crippen LogP contribution in [0.25, 0.3) is 0 Å². The van der Waals surface area contributed by atoms with Gasteiger partial charge in [-0.1, -0.05) is 44.2 Å². The van der Waals surface area contributed by atoms with Crippen LogP contribution in [-0.4, -0.2) is 38.2 Å². The monoisotopic (exact) mass is 327 g/mol. The third-order valence-electron chi connectivity index (χ3n) is 4.91. The number of piperidine rings is 1. The standard InChI is InChI=1S/C20H29N3O/c1-17(2)14-23-16-21-13-19(23)15-22-10-8-20(24,9-11-22)12-18-6-4-3-5-7-18/h3-7,13,16-17,24H,8-12,14-15H2,1-2H3. The third kappa shape index (κ3) is 4.46. The van der Waals surface area contributed by atoms with Crippen molar-refractivity contribution in [1.82, 2.24) is 14.5 Å². The Hall–Kier alpha value is -1.65. The molecule has 0 amide bonds. The van der Waals surface area contributed by atoms with E-state index in [-0.39, 0.29) is 0 Å². The highest BCUT2D eigenvalue weighted by Gasteiger charge is 2.32. The molecule has 0 aliphatic carbocycles. The zero-order valence-electron chi connectivity index (χ0n) is 14.9. The summed E-state index contributed by atoms with van der Waals surface area (Å²) in [5.74, 6) is 0.621. The van der Waals surface area contributed by atoms with Crippen LogP contribution in [0.1, 0.15) is 37.9 Å². The third-order valence-corrected chi connectivity index (χ3v) is 4.91. The highest BCUT2D eigenvalue weighted by Crippen LogP contribution is 2.27. The number of benzene rings is 1. The first-order chi connectivity index (χ1) is 11.5. The van der Waals surface area contributed by atoms with E-state index >= 15 is 0 Å². The smallest absolute Gasteiger partial charge is 0.0948 e. The minimum absolute atomic E-state index is 0.559. The maximum atomic E-state index is 10.9. The second kappa shape index (κ2) is 7.49. The number of aromatic nitrogens is 2. The second-order valence-electron chi connectivity index (χ2n) is 7.59. The molecular formula is C20H29N3O. The van der Waals surface area contributed by atoms with Crippen molar-refractivity contribution in [3.63, 3.8) is 0 Å². The van der Waals surface area contributed by atoms with Gasteiger partial charge in [0.15, 0.2) is 0 Å². The van der Waals surface area contributed by atoms with E-state index in [1.165, 1.54) is 11.3 Å². The first-order valence-electron chi connectivity index (χ1n) is 9.02. The quantitative estimate of drug-likeness (QED) is 0.886. The zero-order chi connectivity index (χ0) is 17.0. The van der Waals surface area contributed by atoms with Gasteiger partial charge < -0.3 is 9.67 Å². The van der Waals surface area contributed by atoms with Gasteiger partial charge in [-0.05, 0) is 24.3 Å². The van der Waals surface area contributed by atoms with Gasteiger partial charge in [-0.3, -0.25) is 4.90 Å². The molecule has 0 atom stereocenters. The van der Waals surface area contributed by atoms with Crippen molar-refractivity contribution in [3.05, 3.63) is 54.1 Å². The Morgan fingerprint density at radius 2 is 1.88 bits per heavy atom. The lowest BCUT2D eigenvalue weighted by atomic mass is 9.85. The molecule has 1 aliphatic heterocycles. The maximum Gasteiger partial charge on any atom is 0.0948 e. The molecule has 0 unspecified atom stereocenters. The minimum atomic E-state index is -0.559. The molecule has 1 aliphatic rings. The predicted octanol–water partition coefficient (Wildman–Crippen LogP) is 3.11. The van der Waals surface area contributed by atoms with E-state index in [9.17, 15) is 5.11 Å². The van der Waals surface area contributed by atoms with Gasteiger partial charge in [0.2, 0.25) is 0 Å². The summed E-state index contributed by atoms with van der Waals surface area (Å²) in [5.41, 5.74) is 1.94. The summed E-state index contributed by atoms with van der Waals surface area (Å²) in [7, 11) is 0. The van der Waals surface area contributed by atoms with Crippen LogP contribution in [-0.2, 0) is 19.5 Å². The Labute approximate surface area is 145 Å². The minimum Gasteiger partial charge on any atom is -0.389 e. The Morgan fingerprint density at radius 3 is 2.54 bits per heavy atom. The predicted molar refractivity (Wildman–Crippen MR) is 96.7 cm³/mol. The number of aliphatic hydroxyl groups is 1. The summed E-state index contributed by atoms with van der Waals surface area (Å²) < 4.78 is 2.26. The average molecular weight is 327 g/mol. The zero-order valence-corrected chi connectivity index (χ0v) is 14.9. The van der Waals surface area contributed by atoms with Crippen molar-refractivity contribution in [2.24, 2.45) is 5.92 Å². The van der Waals surface area contributed by atoms with Gasteiger partial charge in [0.25, 0.3) is 0 Å². The molecule has 1 saturated heterocycles. The van der Waals surface area contributed by atoms with E-state index in [1.54, 1.807) is 0 Å². The van der Waals surface area contributed by atoms with Crippen molar-refractivity contribution in [2.45, 2.75) is 51.8 Å². The fourth-order valence-electron chi connectivity index (χ4n) is 3.55. The lowest BCUT2D eigenvalue weighted by molar-refractivity contribution is -0.0229. The molecule has 4 nitrogen and oxygen atoms in total. The molecule has 24 heavy (non-hydrogen) atoms. The van der Waals surface area contributed by atoms with Crippen LogP contribution in [0.15, 0.2) is 42.9 Å². The van der Waals surface area contributed by atoms with E-state index in [2.05, 4.69) is 40.4 Å². The SMILES string of the molecule is CC(C)Cn1cncc1CN1CCC(O)(Cc2ccccc2)CC1. The van der Waals surface area contributed by atoms with Crippen LogP contribution in [0.5, 0.6) is 0 Å². The lowest BCUT2D eigenvalue weighted by Gasteiger charge is -2.38. The number of hydrogen-bond donors (Lipinski definition) is 1. The van der Waals surface area contributed by atoms with Crippen molar-refractivity contribution in [1.29, 1.82) is 0 Å². The number of likely N-dealkylation sites (tertiary alicyclic amines) is 1. The number of rotatable bonds is 6. The van der Waals surface area contributed by atoms with Gasteiger partial charge in [0.05, 0.1) is 17.6 Å². The van der Waals surface area contributed by atoms with Crippen molar-refractivity contribution < 1.29 is 5.11 Å². The summed E-state index contributed by atoms with van der Waals surface area (Å²) in [6.07, 6.45) is 6.34. The molecular weight excluding hydrogens is 298 g/mol. The average Bonchev–Trinajstić information content (AvgIpc) is 2.97. The first kappa shape index (κ1) is 17.2. The molecule has 1 fully saturated rings. The van der Waals surface area contributed by atoms with E-state index in [0.29, 0.717) is 5.92 Å². The highest BCUT2D eigenvalue weighted by atomic mass is 16.3. The van der Waals surface area contributed by atoms with Crippen molar-refractivity contribution in [3.8, 4) is 0 Å². The van der Waals surface area contributed by atoms with Crippen LogP contribution in [0.4, 0.5) is 0 Å². The number of nitrogens with zero attached hydrogens (tertiary/aromatic N) is 3. The molecule has 1 aromatic carbocycles. The molecule has 3 rings (SSSR count). The Kier molecular flexibility index (Phi) is 5.36. The lowest BCUT2D eigenvalue weighted by Crippen LogP contribution is -2.45. The second-order valence-corrected chi connectivity index (χ2v) is 7.59. The fraction of sp³-hybridized carbons (Fsp3) is 0.550. The Morgan fingerprint density at radius 1 is 1.17 bits per heavy atom.